The summed E-state index contributed by atoms with van der Waals surface area (Å²) >= 11 is 0. The van der Waals surface area contributed by atoms with Crippen molar-refractivity contribution in [2.24, 2.45) is 0 Å². The molecule has 0 radical (unpaired) electrons. The predicted octanol–water partition coefficient (Wildman–Crippen LogP) is 1.68. The van der Waals surface area contributed by atoms with Crippen molar-refractivity contribution in [3.05, 3.63) is 29.3 Å². The highest BCUT2D eigenvalue weighted by Crippen LogP contribution is 2.24. The van der Waals surface area contributed by atoms with Crippen LogP contribution in [-0.4, -0.2) is 23.8 Å². The Morgan fingerprint density at radius 2 is 2.18 bits per heavy atom. The molecule has 0 aliphatic heterocycles. The van der Waals surface area contributed by atoms with Gasteiger partial charge in [-0.1, -0.05) is 6.07 Å². The first-order valence-electron chi connectivity index (χ1n) is 5.99. The largest absolute Gasteiger partial charge is 0.394 e. The van der Waals surface area contributed by atoms with Crippen LogP contribution in [0.1, 0.15) is 24.5 Å². The van der Waals surface area contributed by atoms with Crippen molar-refractivity contribution >= 4 is 11.7 Å². The fourth-order valence-corrected chi connectivity index (χ4v) is 2.09. The number of hydrogen-bond acceptors (Lipinski definition) is 2. The normalized spacial score (nSPS) is 15.2. The molecule has 17 heavy (non-hydrogen) atoms. The van der Waals surface area contributed by atoms with Crippen molar-refractivity contribution in [3.8, 4) is 0 Å². The van der Waals surface area contributed by atoms with Crippen molar-refractivity contribution in [2.45, 2.75) is 32.2 Å². The minimum atomic E-state index is -0.274. The molecule has 0 spiro atoms. The van der Waals surface area contributed by atoms with Gasteiger partial charge in [0.2, 0.25) is 0 Å². The van der Waals surface area contributed by atoms with E-state index in [0.29, 0.717) is 0 Å². The van der Waals surface area contributed by atoms with Gasteiger partial charge in [0.1, 0.15) is 0 Å². The molecular weight excluding hydrogens is 216 g/mol. The van der Waals surface area contributed by atoms with Gasteiger partial charge in [0.25, 0.3) is 0 Å². The topological polar surface area (TPSA) is 61.4 Å². The summed E-state index contributed by atoms with van der Waals surface area (Å²) in [5, 5.41) is 14.3. The predicted molar refractivity (Wildman–Crippen MR) is 67.2 cm³/mol. The number of benzene rings is 1. The zero-order chi connectivity index (χ0) is 12.3. The molecule has 0 bridgehead atoms. The third kappa shape index (κ3) is 2.97. The second kappa shape index (κ2) is 5.19. The lowest BCUT2D eigenvalue weighted by Crippen LogP contribution is -2.38. The van der Waals surface area contributed by atoms with Crippen LogP contribution < -0.4 is 10.6 Å². The molecule has 0 aromatic heterocycles. The lowest BCUT2D eigenvalue weighted by Gasteiger charge is -2.12. The van der Waals surface area contributed by atoms with E-state index in [2.05, 4.69) is 16.7 Å². The average Bonchev–Trinajstić information content (AvgIpc) is 2.75. The number of hydrogen-bond donors (Lipinski definition) is 3. The summed E-state index contributed by atoms with van der Waals surface area (Å²) in [4.78, 5) is 11.5. The number of aliphatic hydroxyl groups is 1. The smallest absolute Gasteiger partial charge is 0.319 e. The van der Waals surface area contributed by atoms with Crippen LogP contribution in [0.15, 0.2) is 18.2 Å². The fraction of sp³-hybridized carbons (Fsp3) is 0.462. The lowest BCUT2D eigenvalue weighted by atomic mass is 10.1. The molecule has 2 amide bonds. The van der Waals surface area contributed by atoms with Gasteiger partial charge in [0.05, 0.1) is 12.6 Å². The number of rotatable bonds is 3. The van der Waals surface area contributed by atoms with Crippen LogP contribution >= 0.6 is 0 Å². The molecule has 1 aromatic carbocycles. The molecule has 2 rings (SSSR count). The summed E-state index contributed by atoms with van der Waals surface area (Å²) in [7, 11) is 0. The Bertz CT molecular complexity index is 418. The van der Waals surface area contributed by atoms with Crippen molar-refractivity contribution in [1.82, 2.24) is 5.32 Å². The summed E-state index contributed by atoms with van der Waals surface area (Å²) in [5.74, 6) is 0. The molecule has 1 atom stereocenters. The molecule has 4 heteroatoms. The van der Waals surface area contributed by atoms with Gasteiger partial charge in [-0.25, -0.2) is 4.79 Å². The minimum absolute atomic E-state index is 0.0579. The van der Waals surface area contributed by atoms with Gasteiger partial charge in [0, 0.05) is 5.69 Å². The Labute approximate surface area is 101 Å². The molecule has 92 valence electrons. The van der Waals surface area contributed by atoms with Gasteiger partial charge >= 0.3 is 6.03 Å². The SMILES string of the molecule is CC(CO)NC(=O)Nc1ccc2c(c1)CCC2. The highest BCUT2D eigenvalue weighted by Gasteiger charge is 2.12. The third-order valence-electron chi connectivity index (χ3n) is 3.01. The molecule has 1 aliphatic rings. The van der Waals surface area contributed by atoms with Crippen LogP contribution in [-0.2, 0) is 12.8 Å². The van der Waals surface area contributed by atoms with Crippen LogP contribution in [0.3, 0.4) is 0 Å². The van der Waals surface area contributed by atoms with Crippen LogP contribution in [0.4, 0.5) is 10.5 Å². The maximum absolute atomic E-state index is 11.5. The number of urea groups is 1. The van der Waals surface area contributed by atoms with Crippen LogP contribution in [0.5, 0.6) is 0 Å². The maximum atomic E-state index is 11.5. The molecule has 1 aliphatic carbocycles. The molecule has 3 N–H and O–H groups in total. The molecular formula is C13H18N2O2. The van der Waals surface area contributed by atoms with Gasteiger partial charge < -0.3 is 15.7 Å². The molecule has 4 nitrogen and oxygen atoms in total. The van der Waals surface area contributed by atoms with Crippen molar-refractivity contribution in [1.29, 1.82) is 0 Å². The summed E-state index contributed by atoms with van der Waals surface area (Å²) < 4.78 is 0. The Kier molecular flexibility index (Phi) is 3.64. The second-order valence-electron chi connectivity index (χ2n) is 4.52. The number of aryl methyl sites for hydroxylation is 2. The molecule has 0 heterocycles. The highest BCUT2D eigenvalue weighted by atomic mass is 16.3. The van der Waals surface area contributed by atoms with E-state index >= 15 is 0 Å². The van der Waals surface area contributed by atoms with Crippen molar-refractivity contribution in [2.75, 3.05) is 11.9 Å². The average molecular weight is 234 g/mol. The van der Waals surface area contributed by atoms with E-state index in [1.54, 1.807) is 6.92 Å². The zero-order valence-corrected chi connectivity index (χ0v) is 9.99. The van der Waals surface area contributed by atoms with Gasteiger partial charge in [-0.05, 0) is 49.4 Å². The van der Waals surface area contributed by atoms with Crippen molar-refractivity contribution < 1.29 is 9.90 Å². The molecule has 1 aromatic rings. The number of carbonyl (C=O) groups is 1. The van der Waals surface area contributed by atoms with E-state index in [1.165, 1.54) is 17.5 Å². The van der Waals surface area contributed by atoms with Crippen LogP contribution in [0.2, 0.25) is 0 Å². The maximum Gasteiger partial charge on any atom is 0.319 e. The molecule has 0 saturated carbocycles. The first-order valence-corrected chi connectivity index (χ1v) is 5.99. The lowest BCUT2D eigenvalue weighted by molar-refractivity contribution is 0.229. The Hall–Kier alpha value is -1.55. The van der Waals surface area contributed by atoms with Gasteiger partial charge in [-0.2, -0.15) is 0 Å². The van der Waals surface area contributed by atoms with Gasteiger partial charge in [0.15, 0.2) is 0 Å². The molecule has 1 unspecified atom stereocenters. The van der Waals surface area contributed by atoms with Gasteiger partial charge in [-0.15, -0.1) is 0 Å². The van der Waals surface area contributed by atoms with E-state index in [9.17, 15) is 4.79 Å². The third-order valence-corrected chi connectivity index (χ3v) is 3.01. The summed E-state index contributed by atoms with van der Waals surface area (Å²) in [6, 6.07) is 5.53. The van der Waals surface area contributed by atoms with Gasteiger partial charge in [-0.3, -0.25) is 0 Å². The number of amides is 2. The first kappa shape index (κ1) is 11.9. The number of carbonyl (C=O) groups excluding carboxylic acids is 1. The summed E-state index contributed by atoms with van der Waals surface area (Å²) in [5.41, 5.74) is 3.53. The quantitative estimate of drug-likeness (QED) is 0.745. The first-order chi connectivity index (χ1) is 8.19. The monoisotopic (exact) mass is 234 g/mol. The van der Waals surface area contributed by atoms with E-state index in [4.69, 9.17) is 5.11 Å². The fourth-order valence-electron chi connectivity index (χ4n) is 2.09. The minimum Gasteiger partial charge on any atom is -0.394 e. The van der Waals surface area contributed by atoms with Crippen molar-refractivity contribution in [3.63, 3.8) is 0 Å². The molecule has 0 fully saturated rings. The van der Waals surface area contributed by atoms with E-state index in [0.717, 1.165) is 18.5 Å². The summed E-state index contributed by atoms with van der Waals surface area (Å²) in [6.07, 6.45) is 3.44. The van der Waals surface area contributed by atoms with E-state index in [1.807, 2.05) is 12.1 Å². The van der Waals surface area contributed by atoms with E-state index < -0.39 is 0 Å². The standard InChI is InChI=1S/C13H18N2O2/c1-9(8-16)14-13(17)15-12-6-5-10-3-2-4-11(10)7-12/h5-7,9,16H,2-4,8H2,1H3,(H2,14,15,17). The second-order valence-corrected chi connectivity index (χ2v) is 4.52. The molecule has 0 saturated heterocycles. The zero-order valence-electron chi connectivity index (χ0n) is 9.99. The summed E-state index contributed by atoms with van der Waals surface area (Å²) in [6.45, 7) is 1.69. The van der Waals surface area contributed by atoms with Crippen LogP contribution in [0, 0.1) is 0 Å². The Morgan fingerprint density at radius 3 is 2.94 bits per heavy atom. The van der Waals surface area contributed by atoms with E-state index in [-0.39, 0.29) is 18.7 Å². The highest BCUT2D eigenvalue weighted by molar-refractivity contribution is 5.89. The number of fused-ring (bicyclic) bond motifs is 1. The Morgan fingerprint density at radius 1 is 1.41 bits per heavy atom. The number of nitrogens with one attached hydrogen (secondary N) is 2. The number of anilines is 1. The number of aliphatic hydroxyl groups excluding tert-OH is 1. The Balaban J connectivity index is 1.97. The van der Waals surface area contributed by atoms with Crippen LogP contribution in [0.25, 0.3) is 0 Å².